The van der Waals surface area contributed by atoms with E-state index >= 15 is 0 Å². The Balaban J connectivity index is 2.15. The summed E-state index contributed by atoms with van der Waals surface area (Å²) in [4.78, 5) is 11.0. The minimum atomic E-state index is -1.16. The summed E-state index contributed by atoms with van der Waals surface area (Å²) in [5.74, 6) is 0.164. The highest BCUT2D eigenvalue weighted by Crippen LogP contribution is 2.28. The first kappa shape index (κ1) is 15.6. The van der Waals surface area contributed by atoms with Gasteiger partial charge in [0.25, 0.3) is 0 Å². The fraction of sp³-hybridized carbons (Fsp3) is 0.167. The van der Waals surface area contributed by atoms with Crippen LogP contribution in [0, 0.1) is 0 Å². The van der Waals surface area contributed by atoms with Gasteiger partial charge in [-0.15, -0.1) is 0 Å². The Labute approximate surface area is 129 Å². The van der Waals surface area contributed by atoms with E-state index < -0.39 is 5.97 Å². The average Bonchev–Trinajstić information content (AvgIpc) is 2.55. The Hall–Kier alpha value is -2.75. The number of benzene rings is 2. The number of aromatic carboxylic acids is 1. The van der Waals surface area contributed by atoms with E-state index in [9.17, 15) is 9.90 Å². The lowest BCUT2D eigenvalue weighted by atomic mass is 10.0. The second-order valence-corrected chi connectivity index (χ2v) is 4.67. The van der Waals surface area contributed by atoms with Gasteiger partial charge in [-0.25, -0.2) is 0 Å². The van der Waals surface area contributed by atoms with Gasteiger partial charge in [0.15, 0.2) is 11.5 Å². The zero-order valence-corrected chi connectivity index (χ0v) is 12.5. The van der Waals surface area contributed by atoms with Crippen LogP contribution in [-0.4, -0.2) is 20.2 Å². The Kier molecular flexibility index (Phi) is 5.20. The number of hydrogen-bond acceptors (Lipinski definition) is 4. The molecule has 0 atom stereocenters. The molecule has 0 saturated heterocycles. The molecule has 0 aliphatic carbocycles. The fourth-order valence-electron chi connectivity index (χ4n) is 2.18. The molecule has 0 unspecified atom stereocenters. The third-order valence-electron chi connectivity index (χ3n) is 3.29. The van der Waals surface area contributed by atoms with E-state index in [-0.39, 0.29) is 5.56 Å². The molecule has 0 fully saturated rings. The summed E-state index contributed by atoms with van der Waals surface area (Å²) >= 11 is 0. The minimum Gasteiger partial charge on any atom is -0.545 e. The fourth-order valence-corrected chi connectivity index (χ4v) is 2.18. The minimum absolute atomic E-state index is 0.222. The first-order valence-corrected chi connectivity index (χ1v) is 6.83. The van der Waals surface area contributed by atoms with Crippen LogP contribution < -0.4 is 14.6 Å². The summed E-state index contributed by atoms with van der Waals surface area (Å²) in [6, 6.07) is 12.4. The second-order valence-electron chi connectivity index (χ2n) is 4.67. The lowest BCUT2D eigenvalue weighted by molar-refractivity contribution is -0.255. The third-order valence-corrected chi connectivity index (χ3v) is 3.29. The molecule has 0 N–H and O–H groups in total. The molecule has 0 spiro atoms. The second kappa shape index (κ2) is 7.31. The lowest BCUT2D eigenvalue weighted by Crippen LogP contribution is -2.23. The Morgan fingerprint density at radius 1 is 1.09 bits per heavy atom. The molecule has 0 amide bonds. The van der Waals surface area contributed by atoms with Crippen molar-refractivity contribution < 1.29 is 19.4 Å². The number of rotatable bonds is 6. The first-order valence-electron chi connectivity index (χ1n) is 6.83. The number of ether oxygens (including phenoxy) is 2. The van der Waals surface area contributed by atoms with E-state index in [0.29, 0.717) is 17.9 Å². The van der Waals surface area contributed by atoms with Crippen molar-refractivity contribution in [2.75, 3.05) is 14.2 Å². The van der Waals surface area contributed by atoms with Crippen molar-refractivity contribution in [3.63, 3.8) is 0 Å². The molecule has 4 nitrogen and oxygen atoms in total. The molecular weight excluding hydrogens is 280 g/mol. The smallest absolute Gasteiger partial charge is 0.161 e. The van der Waals surface area contributed by atoms with E-state index in [2.05, 4.69) is 0 Å². The molecule has 2 rings (SSSR count). The molecule has 0 aromatic heterocycles. The van der Waals surface area contributed by atoms with Crippen LogP contribution in [0.2, 0.25) is 0 Å². The van der Waals surface area contributed by atoms with Gasteiger partial charge in [-0.1, -0.05) is 42.5 Å². The van der Waals surface area contributed by atoms with Crippen molar-refractivity contribution in [1.82, 2.24) is 0 Å². The summed E-state index contributed by atoms with van der Waals surface area (Å²) in [6.45, 7) is 0. The van der Waals surface area contributed by atoms with Crippen LogP contribution in [-0.2, 0) is 6.42 Å². The molecule has 2 aromatic carbocycles. The molecule has 0 aliphatic rings. The van der Waals surface area contributed by atoms with Crippen molar-refractivity contribution in [3.8, 4) is 11.5 Å². The van der Waals surface area contributed by atoms with Crippen LogP contribution in [0.15, 0.2) is 48.5 Å². The molecule has 0 radical (unpaired) electrons. The quantitative estimate of drug-likeness (QED) is 0.821. The van der Waals surface area contributed by atoms with Crippen LogP contribution in [0.25, 0.3) is 6.08 Å². The summed E-state index contributed by atoms with van der Waals surface area (Å²) in [7, 11) is 3.17. The molecule has 0 aliphatic heterocycles. The zero-order chi connectivity index (χ0) is 15.9. The predicted molar refractivity (Wildman–Crippen MR) is 83.1 cm³/mol. The van der Waals surface area contributed by atoms with Crippen LogP contribution in [0.5, 0.6) is 11.5 Å². The van der Waals surface area contributed by atoms with Gasteiger partial charge in [0, 0.05) is 5.56 Å². The normalized spacial score (nSPS) is 10.6. The predicted octanol–water partition coefficient (Wildman–Crippen LogP) is 2.32. The average molecular weight is 297 g/mol. The molecule has 4 heteroatoms. The van der Waals surface area contributed by atoms with Gasteiger partial charge in [-0.05, 0) is 29.7 Å². The van der Waals surface area contributed by atoms with Gasteiger partial charge >= 0.3 is 0 Å². The van der Waals surface area contributed by atoms with Gasteiger partial charge in [0.05, 0.1) is 20.2 Å². The Morgan fingerprint density at radius 2 is 1.82 bits per heavy atom. The number of hydrogen-bond donors (Lipinski definition) is 0. The number of allylic oxidation sites excluding steroid dienone is 1. The molecule has 114 valence electrons. The summed E-state index contributed by atoms with van der Waals surface area (Å²) in [6.07, 6.45) is 4.33. The lowest BCUT2D eigenvalue weighted by Gasteiger charge is -2.08. The molecule has 0 bridgehead atoms. The summed E-state index contributed by atoms with van der Waals surface area (Å²) in [5, 5.41) is 11.0. The standard InChI is InChI=1S/C18H18O4/c1-21-16-11-10-13(12-17(16)22-2)6-5-8-14-7-3-4-9-15(14)18(19)20/h3-7,9-12H,8H2,1-2H3,(H,19,20)/p-1/b6-5+. The topological polar surface area (TPSA) is 58.6 Å². The maximum absolute atomic E-state index is 11.0. The van der Waals surface area contributed by atoms with Crippen molar-refractivity contribution in [1.29, 1.82) is 0 Å². The molecular formula is C18H17O4-. The highest BCUT2D eigenvalue weighted by Gasteiger charge is 2.03. The molecule has 2 aromatic rings. The number of carboxylic acid groups (broad SMARTS) is 1. The van der Waals surface area contributed by atoms with E-state index in [4.69, 9.17) is 9.47 Å². The van der Waals surface area contributed by atoms with Gasteiger partial charge in [0.2, 0.25) is 0 Å². The highest BCUT2D eigenvalue weighted by molar-refractivity contribution is 5.87. The molecule has 0 saturated carbocycles. The van der Waals surface area contributed by atoms with Crippen LogP contribution in [0.3, 0.4) is 0 Å². The third kappa shape index (κ3) is 3.67. The Morgan fingerprint density at radius 3 is 2.50 bits per heavy atom. The van der Waals surface area contributed by atoms with Crippen LogP contribution >= 0.6 is 0 Å². The van der Waals surface area contributed by atoms with Gasteiger partial charge in [-0.3, -0.25) is 0 Å². The summed E-state index contributed by atoms with van der Waals surface area (Å²) in [5.41, 5.74) is 1.89. The van der Waals surface area contributed by atoms with Gasteiger partial charge in [0.1, 0.15) is 0 Å². The number of methoxy groups -OCH3 is 2. The summed E-state index contributed by atoms with van der Waals surface area (Å²) < 4.78 is 10.4. The van der Waals surface area contributed by atoms with E-state index in [1.165, 1.54) is 0 Å². The first-order chi connectivity index (χ1) is 10.7. The molecule has 22 heavy (non-hydrogen) atoms. The maximum atomic E-state index is 11.0. The number of carbonyl (C=O) groups excluding carboxylic acids is 1. The van der Waals surface area contributed by atoms with Crippen LogP contribution in [0.4, 0.5) is 0 Å². The van der Waals surface area contributed by atoms with Gasteiger partial charge in [-0.2, -0.15) is 0 Å². The molecule has 0 heterocycles. The van der Waals surface area contributed by atoms with Crippen molar-refractivity contribution in [2.45, 2.75) is 6.42 Å². The van der Waals surface area contributed by atoms with Crippen molar-refractivity contribution in [2.24, 2.45) is 0 Å². The van der Waals surface area contributed by atoms with Crippen molar-refractivity contribution >= 4 is 12.0 Å². The van der Waals surface area contributed by atoms with Crippen LogP contribution in [0.1, 0.15) is 21.5 Å². The number of carboxylic acids is 1. The van der Waals surface area contributed by atoms with Crippen molar-refractivity contribution in [3.05, 3.63) is 65.2 Å². The Bertz CT molecular complexity index is 689. The maximum Gasteiger partial charge on any atom is 0.161 e. The number of carbonyl (C=O) groups is 1. The highest BCUT2D eigenvalue weighted by atomic mass is 16.5. The SMILES string of the molecule is COc1ccc(/C=C/Cc2ccccc2C(=O)[O-])cc1OC. The largest absolute Gasteiger partial charge is 0.545 e. The van der Waals surface area contributed by atoms with E-state index in [0.717, 1.165) is 11.1 Å². The van der Waals surface area contributed by atoms with E-state index in [1.54, 1.807) is 32.4 Å². The zero-order valence-electron chi connectivity index (χ0n) is 12.5. The van der Waals surface area contributed by atoms with Gasteiger partial charge < -0.3 is 19.4 Å². The monoisotopic (exact) mass is 297 g/mol. The van der Waals surface area contributed by atoms with E-state index in [1.807, 2.05) is 36.4 Å².